The summed E-state index contributed by atoms with van der Waals surface area (Å²) < 4.78 is 5.11. The molecule has 0 aromatic heterocycles. The van der Waals surface area contributed by atoms with Gasteiger partial charge in [0, 0.05) is 12.6 Å². The Kier molecular flexibility index (Phi) is 6.96. The lowest BCUT2D eigenvalue weighted by Gasteiger charge is -2.30. The minimum atomic E-state index is -0.321. The van der Waals surface area contributed by atoms with Gasteiger partial charge in [0.05, 0.1) is 18.6 Å². The molecule has 1 saturated carbocycles. The van der Waals surface area contributed by atoms with E-state index in [1.54, 1.807) is 0 Å². The predicted molar refractivity (Wildman–Crippen MR) is 80.5 cm³/mol. The number of aliphatic hydroxyl groups is 1. The first kappa shape index (κ1) is 17.4. The normalized spacial score (nSPS) is 25.2. The topological polar surface area (TPSA) is 58.6 Å². The third-order valence-electron chi connectivity index (χ3n) is 3.78. The van der Waals surface area contributed by atoms with Gasteiger partial charge in [0.15, 0.2) is 0 Å². The fourth-order valence-corrected chi connectivity index (χ4v) is 2.93. The Labute approximate surface area is 123 Å². The molecule has 4 heteroatoms. The molecule has 0 aliphatic heterocycles. The maximum Gasteiger partial charge on any atom is 0.308 e. The zero-order chi connectivity index (χ0) is 15.2. The van der Waals surface area contributed by atoms with Gasteiger partial charge in [-0.05, 0) is 38.0 Å². The van der Waals surface area contributed by atoms with Crippen molar-refractivity contribution < 1.29 is 14.6 Å². The highest BCUT2D eigenvalue weighted by molar-refractivity contribution is 5.72. The Hall–Kier alpha value is -0.610. The molecule has 0 amide bonds. The summed E-state index contributed by atoms with van der Waals surface area (Å²) in [5, 5.41) is 13.4. The number of nitrogens with one attached hydrogen (secondary N) is 1. The maximum absolute atomic E-state index is 11.8. The number of ether oxygens (including phenoxy) is 1. The predicted octanol–water partition coefficient (Wildman–Crippen LogP) is 2.50. The van der Waals surface area contributed by atoms with Crippen LogP contribution in [0.2, 0.25) is 0 Å². The molecular weight excluding hydrogens is 254 g/mol. The van der Waals surface area contributed by atoms with Crippen LogP contribution in [0.15, 0.2) is 0 Å². The van der Waals surface area contributed by atoms with Crippen molar-refractivity contribution in [2.24, 2.45) is 11.3 Å². The molecule has 20 heavy (non-hydrogen) atoms. The fraction of sp³-hybridized carbons (Fsp3) is 0.938. The van der Waals surface area contributed by atoms with Crippen LogP contribution in [0.3, 0.4) is 0 Å². The van der Waals surface area contributed by atoms with Crippen molar-refractivity contribution in [1.82, 2.24) is 5.32 Å². The molecule has 2 N–H and O–H groups in total. The summed E-state index contributed by atoms with van der Waals surface area (Å²) in [5.74, 6) is -0.0322. The highest BCUT2D eigenvalue weighted by Gasteiger charge is 2.28. The number of carbonyl (C=O) groups excluding carboxylic acids is 1. The van der Waals surface area contributed by atoms with E-state index in [9.17, 15) is 9.90 Å². The Bertz CT molecular complexity index is 299. The molecule has 3 atom stereocenters. The fourth-order valence-electron chi connectivity index (χ4n) is 2.93. The van der Waals surface area contributed by atoms with Crippen LogP contribution < -0.4 is 5.32 Å². The first-order chi connectivity index (χ1) is 9.31. The molecule has 3 unspecified atom stereocenters. The zero-order valence-corrected chi connectivity index (χ0v) is 13.4. The molecule has 118 valence electrons. The van der Waals surface area contributed by atoms with Crippen molar-refractivity contribution in [3.63, 3.8) is 0 Å². The number of hydrogen-bond donors (Lipinski definition) is 2. The van der Waals surface area contributed by atoms with E-state index in [4.69, 9.17) is 4.74 Å². The Balaban J connectivity index is 2.31. The van der Waals surface area contributed by atoms with Crippen LogP contribution in [0.4, 0.5) is 0 Å². The van der Waals surface area contributed by atoms with Crippen LogP contribution in [-0.2, 0) is 9.53 Å². The number of hydrogen-bond acceptors (Lipinski definition) is 4. The maximum atomic E-state index is 11.8. The standard InChI is InChI=1S/C16H31NO3/c1-5-20-15(19)12-7-6-8-13(9-12)17-11-14(18)10-16(2,3)4/h12-14,17-18H,5-11H2,1-4H3. The molecule has 0 aromatic rings. The summed E-state index contributed by atoms with van der Waals surface area (Å²) >= 11 is 0. The first-order valence-corrected chi connectivity index (χ1v) is 7.90. The average Bonchev–Trinajstić information content (AvgIpc) is 2.35. The zero-order valence-electron chi connectivity index (χ0n) is 13.4. The van der Waals surface area contributed by atoms with Gasteiger partial charge in [0.2, 0.25) is 0 Å². The van der Waals surface area contributed by atoms with E-state index in [2.05, 4.69) is 26.1 Å². The molecule has 1 aliphatic carbocycles. The van der Waals surface area contributed by atoms with Crippen LogP contribution in [0.5, 0.6) is 0 Å². The summed E-state index contributed by atoms with van der Waals surface area (Å²) in [6.07, 6.45) is 4.36. The van der Waals surface area contributed by atoms with E-state index in [1.165, 1.54) is 0 Å². The smallest absolute Gasteiger partial charge is 0.308 e. The van der Waals surface area contributed by atoms with Crippen molar-refractivity contribution in [1.29, 1.82) is 0 Å². The van der Waals surface area contributed by atoms with Gasteiger partial charge in [-0.3, -0.25) is 4.79 Å². The summed E-state index contributed by atoms with van der Waals surface area (Å²) in [6, 6.07) is 0.327. The Morgan fingerprint density at radius 1 is 1.40 bits per heavy atom. The molecule has 0 radical (unpaired) electrons. The molecule has 0 heterocycles. The van der Waals surface area contributed by atoms with Gasteiger partial charge >= 0.3 is 5.97 Å². The highest BCUT2D eigenvalue weighted by Crippen LogP contribution is 2.26. The lowest BCUT2D eigenvalue weighted by Crippen LogP contribution is -2.41. The lowest BCUT2D eigenvalue weighted by atomic mass is 9.85. The number of carbonyl (C=O) groups is 1. The molecule has 1 rings (SSSR count). The molecule has 4 nitrogen and oxygen atoms in total. The van der Waals surface area contributed by atoms with Gasteiger partial charge in [0.1, 0.15) is 0 Å². The molecule has 0 saturated heterocycles. The van der Waals surface area contributed by atoms with E-state index in [0.717, 1.165) is 32.1 Å². The second kappa shape index (κ2) is 7.99. The summed E-state index contributed by atoms with van der Waals surface area (Å²) in [7, 11) is 0. The van der Waals surface area contributed by atoms with E-state index in [0.29, 0.717) is 19.2 Å². The van der Waals surface area contributed by atoms with Crippen LogP contribution >= 0.6 is 0 Å². The Morgan fingerprint density at radius 3 is 2.70 bits per heavy atom. The van der Waals surface area contributed by atoms with Crippen molar-refractivity contribution in [3.8, 4) is 0 Å². The minimum absolute atomic E-state index is 0.0287. The van der Waals surface area contributed by atoms with E-state index >= 15 is 0 Å². The third kappa shape index (κ3) is 6.71. The Morgan fingerprint density at radius 2 is 2.10 bits per heavy atom. The van der Waals surface area contributed by atoms with E-state index < -0.39 is 0 Å². The highest BCUT2D eigenvalue weighted by atomic mass is 16.5. The van der Waals surface area contributed by atoms with Crippen molar-refractivity contribution >= 4 is 5.97 Å². The van der Waals surface area contributed by atoms with Crippen molar-refractivity contribution in [3.05, 3.63) is 0 Å². The van der Waals surface area contributed by atoms with Gasteiger partial charge < -0.3 is 15.2 Å². The summed E-state index contributed by atoms with van der Waals surface area (Å²) in [5.41, 5.74) is 0.140. The molecule has 0 aromatic carbocycles. The summed E-state index contributed by atoms with van der Waals surface area (Å²) in [6.45, 7) is 9.31. The number of aliphatic hydroxyl groups excluding tert-OH is 1. The molecule has 1 fully saturated rings. The second-order valence-electron chi connectivity index (χ2n) is 7.14. The SMILES string of the molecule is CCOC(=O)C1CCCC(NCC(O)CC(C)(C)C)C1. The van der Waals surface area contributed by atoms with E-state index in [-0.39, 0.29) is 23.4 Å². The average molecular weight is 285 g/mol. The quantitative estimate of drug-likeness (QED) is 0.736. The van der Waals surface area contributed by atoms with Gasteiger partial charge in [0.25, 0.3) is 0 Å². The van der Waals surface area contributed by atoms with Crippen LogP contribution in [0, 0.1) is 11.3 Å². The molecular formula is C16H31NO3. The summed E-state index contributed by atoms with van der Waals surface area (Å²) in [4.78, 5) is 11.8. The molecule has 1 aliphatic rings. The van der Waals surface area contributed by atoms with Gasteiger partial charge in [-0.25, -0.2) is 0 Å². The van der Waals surface area contributed by atoms with Crippen molar-refractivity contribution in [2.45, 2.75) is 71.9 Å². The van der Waals surface area contributed by atoms with Gasteiger partial charge in [-0.15, -0.1) is 0 Å². The number of esters is 1. The lowest BCUT2D eigenvalue weighted by molar-refractivity contribution is -0.149. The molecule has 0 spiro atoms. The minimum Gasteiger partial charge on any atom is -0.466 e. The second-order valence-corrected chi connectivity index (χ2v) is 7.14. The van der Waals surface area contributed by atoms with Crippen molar-refractivity contribution in [2.75, 3.05) is 13.2 Å². The first-order valence-electron chi connectivity index (χ1n) is 7.90. The van der Waals surface area contributed by atoms with Gasteiger partial charge in [-0.2, -0.15) is 0 Å². The third-order valence-corrected chi connectivity index (χ3v) is 3.78. The number of rotatable bonds is 6. The monoisotopic (exact) mass is 285 g/mol. The van der Waals surface area contributed by atoms with E-state index in [1.807, 2.05) is 6.92 Å². The largest absolute Gasteiger partial charge is 0.466 e. The molecule has 0 bridgehead atoms. The van der Waals surface area contributed by atoms with Gasteiger partial charge in [-0.1, -0.05) is 27.2 Å². The van der Waals surface area contributed by atoms with Crippen LogP contribution in [0.1, 0.15) is 59.8 Å². The van der Waals surface area contributed by atoms with Crippen LogP contribution in [0.25, 0.3) is 0 Å². The van der Waals surface area contributed by atoms with Crippen LogP contribution in [-0.4, -0.2) is 36.4 Å².